The minimum Gasteiger partial charge on any atom is -0.507 e. The highest BCUT2D eigenvalue weighted by Gasteiger charge is 2.18. The van der Waals surface area contributed by atoms with E-state index in [1.165, 1.54) is 6.07 Å². The molecule has 0 aliphatic carbocycles. The Balaban J connectivity index is 2.29. The minimum atomic E-state index is -1.20. The van der Waals surface area contributed by atoms with E-state index in [4.69, 9.17) is 9.84 Å². The van der Waals surface area contributed by atoms with Crippen LogP contribution in [0.1, 0.15) is 21.5 Å². The fraction of sp³-hybridized carbons (Fsp3) is 0.133. The maximum atomic E-state index is 11.2. The third kappa shape index (κ3) is 2.85. The highest BCUT2D eigenvalue weighted by atomic mass is 16.5. The van der Waals surface area contributed by atoms with Crippen LogP contribution in [0.15, 0.2) is 42.5 Å². The Labute approximate surface area is 110 Å². The normalized spacial score (nSPS) is 10.2. The van der Waals surface area contributed by atoms with E-state index < -0.39 is 5.97 Å². The lowest BCUT2D eigenvalue weighted by molar-refractivity contribution is 0.0688. The summed E-state index contributed by atoms with van der Waals surface area (Å²) in [6.45, 7) is 2.00. The molecule has 0 heterocycles. The molecule has 0 bridgehead atoms. The van der Waals surface area contributed by atoms with Crippen LogP contribution in [-0.4, -0.2) is 16.2 Å². The smallest absolute Gasteiger partial charge is 0.343 e. The van der Waals surface area contributed by atoms with Gasteiger partial charge < -0.3 is 14.9 Å². The van der Waals surface area contributed by atoms with E-state index in [1.54, 1.807) is 13.0 Å². The van der Waals surface area contributed by atoms with E-state index in [0.29, 0.717) is 5.56 Å². The summed E-state index contributed by atoms with van der Waals surface area (Å²) in [7, 11) is 0. The summed E-state index contributed by atoms with van der Waals surface area (Å²) in [6, 6.07) is 12.4. The molecule has 0 aliphatic rings. The lowest BCUT2D eigenvalue weighted by Crippen LogP contribution is -2.05. The van der Waals surface area contributed by atoms with Gasteiger partial charge in [0.25, 0.3) is 0 Å². The van der Waals surface area contributed by atoms with Gasteiger partial charge in [-0.05, 0) is 24.1 Å². The third-order valence-corrected chi connectivity index (χ3v) is 2.77. The predicted molar refractivity (Wildman–Crippen MR) is 70.6 cm³/mol. The maximum Gasteiger partial charge on any atom is 0.343 e. The molecule has 4 nitrogen and oxygen atoms in total. The Morgan fingerprint density at radius 3 is 2.47 bits per heavy atom. The van der Waals surface area contributed by atoms with Gasteiger partial charge in [0.05, 0.1) is 0 Å². The van der Waals surface area contributed by atoms with Crippen molar-refractivity contribution in [2.75, 3.05) is 0 Å². The number of hydrogen-bond acceptors (Lipinski definition) is 3. The summed E-state index contributed by atoms with van der Waals surface area (Å²) >= 11 is 0. The van der Waals surface area contributed by atoms with Crippen LogP contribution in [0.4, 0.5) is 0 Å². The first kappa shape index (κ1) is 13.0. The van der Waals surface area contributed by atoms with Gasteiger partial charge in [0.15, 0.2) is 0 Å². The number of rotatable bonds is 4. The van der Waals surface area contributed by atoms with Crippen LogP contribution in [0.25, 0.3) is 0 Å². The van der Waals surface area contributed by atoms with Crippen molar-refractivity contribution in [3.8, 4) is 11.5 Å². The van der Waals surface area contributed by atoms with Crippen LogP contribution in [0.5, 0.6) is 11.5 Å². The molecule has 0 amide bonds. The number of carboxylic acids is 1. The molecule has 0 radical (unpaired) electrons. The number of benzene rings is 2. The van der Waals surface area contributed by atoms with E-state index >= 15 is 0 Å². The first-order valence-corrected chi connectivity index (χ1v) is 5.82. The molecule has 2 N–H and O–H groups in total. The number of carbonyl (C=O) groups is 1. The van der Waals surface area contributed by atoms with Gasteiger partial charge in [-0.2, -0.15) is 0 Å². The van der Waals surface area contributed by atoms with Crippen LogP contribution in [0.3, 0.4) is 0 Å². The average Bonchev–Trinajstić information content (AvgIpc) is 2.40. The van der Waals surface area contributed by atoms with Gasteiger partial charge in [-0.3, -0.25) is 0 Å². The molecule has 19 heavy (non-hydrogen) atoms. The molecule has 2 rings (SSSR count). The zero-order chi connectivity index (χ0) is 13.8. The molecular weight excluding hydrogens is 244 g/mol. The zero-order valence-corrected chi connectivity index (χ0v) is 10.5. The minimum absolute atomic E-state index is 0.198. The molecule has 0 unspecified atom stereocenters. The van der Waals surface area contributed by atoms with Gasteiger partial charge in [0.1, 0.15) is 23.7 Å². The van der Waals surface area contributed by atoms with Gasteiger partial charge >= 0.3 is 5.97 Å². The summed E-state index contributed by atoms with van der Waals surface area (Å²) < 4.78 is 5.56. The topological polar surface area (TPSA) is 66.8 Å². The van der Waals surface area contributed by atoms with Gasteiger partial charge in [0, 0.05) is 0 Å². The predicted octanol–water partition coefficient (Wildman–Crippen LogP) is 2.98. The summed E-state index contributed by atoms with van der Waals surface area (Å²) in [6.07, 6.45) is 0. The van der Waals surface area contributed by atoms with Crippen molar-refractivity contribution >= 4 is 5.97 Å². The largest absolute Gasteiger partial charge is 0.507 e. The molecule has 0 spiro atoms. The van der Waals surface area contributed by atoms with E-state index in [2.05, 4.69) is 0 Å². The number of aryl methyl sites for hydroxylation is 1. The van der Waals surface area contributed by atoms with Crippen LogP contribution in [0, 0.1) is 6.92 Å². The lowest BCUT2D eigenvalue weighted by Gasteiger charge is -2.13. The van der Waals surface area contributed by atoms with Crippen molar-refractivity contribution < 1.29 is 19.7 Å². The molecule has 2 aromatic rings. The van der Waals surface area contributed by atoms with Crippen molar-refractivity contribution in [1.29, 1.82) is 0 Å². The molecule has 0 atom stereocenters. The van der Waals surface area contributed by atoms with Crippen molar-refractivity contribution in [2.24, 2.45) is 0 Å². The first-order chi connectivity index (χ1) is 9.09. The number of hydrogen-bond donors (Lipinski definition) is 2. The second-order valence-corrected chi connectivity index (χ2v) is 4.19. The second-order valence-electron chi connectivity index (χ2n) is 4.19. The summed E-state index contributed by atoms with van der Waals surface area (Å²) in [5.41, 5.74) is 1.41. The molecule has 98 valence electrons. The number of carboxylic acid groups (broad SMARTS) is 1. The fourth-order valence-corrected chi connectivity index (χ4v) is 1.80. The summed E-state index contributed by atoms with van der Waals surface area (Å²) in [5.74, 6) is -1.29. The fourth-order valence-electron chi connectivity index (χ4n) is 1.80. The Hall–Kier alpha value is -2.49. The highest BCUT2D eigenvalue weighted by Crippen LogP contribution is 2.31. The average molecular weight is 258 g/mol. The number of phenols is 1. The van der Waals surface area contributed by atoms with Crippen molar-refractivity contribution in [3.05, 3.63) is 59.2 Å². The van der Waals surface area contributed by atoms with Crippen molar-refractivity contribution in [3.63, 3.8) is 0 Å². The second kappa shape index (κ2) is 5.44. The van der Waals surface area contributed by atoms with Gasteiger partial charge in [0.2, 0.25) is 0 Å². The van der Waals surface area contributed by atoms with E-state index in [1.807, 2.05) is 30.3 Å². The lowest BCUT2D eigenvalue weighted by atomic mass is 10.1. The Morgan fingerprint density at radius 2 is 1.84 bits per heavy atom. The molecule has 0 fully saturated rings. The highest BCUT2D eigenvalue weighted by molar-refractivity contribution is 5.94. The Bertz CT molecular complexity index is 591. The first-order valence-electron chi connectivity index (χ1n) is 5.82. The molecule has 2 aromatic carbocycles. The van der Waals surface area contributed by atoms with Gasteiger partial charge in [-0.1, -0.05) is 36.4 Å². The standard InChI is InChI=1S/C15H14O4/c1-10-7-8-12(16)13(15(17)18)14(10)19-9-11-5-3-2-4-6-11/h2-8,16H,9H2,1H3,(H,17,18). The van der Waals surface area contributed by atoms with Crippen molar-refractivity contribution in [2.45, 2.75) is 13.5 Å². The van der Waals surface area contributed by atoms with Crippen LogP contribution >= 0.6 is 0 Å². The quantitative estimate of drug-likeness (QED) is 0.884. The summed E-state index contributed by atoms with van der Waals surface area (Å²) in [5, 5.41) is 18.8. The molecule has 0 saturated heterocycles. The third-order valence-electron chi connectivity index (χ3n) is 2.77. The number of aromatic hydroxyl groups is 1. The summed E-state index contributed by atoms with van der Waals surface area (Å²) in [4.78, 5) is 11.2. The number of aromatic carboxylic acids is 1. The van der Waals surface area contributed by atoms with E-state index in [9.17, 15) is 9.90 Å². The maximum absolute atomic E-state index is 11.2. The van der Waals surface area contributed by atoms with Crippen molar-refractivity contribution in [1.82, 2.24) is 0 Å². The monoisotopic (exact) mass is 258 g/mol. The molecule has 0 aromatic heterocycles. The Kier molecular flexibility index (Phi) is 3.71. The van der Waals surface area contributed by atoms with Gasteiger partial charge in [-0.25, -0.2) is 4.79 Å². The molecule has 0 saturated carbocycles. The van der Waals surface area contributed by atoms with E-state index in [0.717, 1.165) is 5.56 Å². The molecular formula is C15H14O4. The molecule has 4 heteroatoms. The SMILES string of the molecule is Cc1ccc(O)c(C(=O)O)c1OCc1ccccc1. The Morgan fingerprint density at radius 1 is 1.16 bits per heavy atom. The van der Waals surface area contributed by atoms with Gasteiger partial charge in [-0.15, -0.1) is 0 Å². The van der Waals surface area contributed by atoms with E-state index in [-0.39, 0.29) is 23.7 Å². The number of ether oxygens (including phenoxy) is 1. The van der Waals surface area contributed by atoms with Crippen LogP contribution in [-0.2, 0) is 6.61 Å². The molecule has 0 aliphatic heterocycles. The van der Waals surface area contributed by atoms with Crippen LogP contribution < -0.4 is 4.74 Å². The zero-order valence-electron chi connectivity index (χ0n) is 10.5. The van der Waals surface area contributed by atoms with Crippen LogP contribution in [0.2, 0.25) is 0 Å².